The zero-order valence-corrected chi connectivity index (χ0v) is 16.8. The zero-order valence-electron chi connectivity index (χ0n) is 16.8. The van der Waals surface area contributed by atoms with Crippen molar-refractivity contribution in [2.75, 3.05) is 6.54 Å². The Bertz CT molecular complexity index is 1510. The van der Waals surface area contributed by atoms with E-state index in [9.17, 15) is 9.59 Å². The smallest absolute Gasteiger partial charge is 0.331 e. The highest BCUT2D eigenvalue weighted by Crippen LogP contribution is 2.29. The molecule has 5 aromatic rings. The highest BCUT2D eigenvalue weighted by Gasteiger charge is 2.16. The minimum atomic E-state index is -0.481. The molecule has 0 saturated carbocycles. The molecule has 156 valence electrons. The Kier molecular flexibility index (Phi) is 4.52. The van der Waals surface area contributed by atoms with Crippen LogP contribution in [0.4, 0.5) is 0 Å². The van der Waals surface area contributed by atoms with Gasteiger partial charge in [0.1, 0.15) is 11.2 Å². The number of hydrogen-bond acceptors (Lipinski definition) is 6. The summed E-state index contributed by atoms with van der Waals surface area (Å²) in [6.07, 6.45) is 4.35. The van der Waals surface area contributed by atoms with Gasteiger partial charge < -0.3 is 20.1 Å². The van der Waals surface area contributed by atoms with E-state index in [2.05, 4.69) is 19.6 Å². The Morgan fingerprint density at radius 2 is 2.06 bits per heavy atom. The summed E-state index contributed by atoms with van der Waals surface area (Å²) < 4.78 is 2.10. The van der Waals surface area contributed by atoms with Gasteiger partial charge in [0.2, 0.25) is 0 Å². The van der Waals surface area contributed by atoms with Crippen LogP contribution < -0.4 is 16.1 Å². The van der Waals surface area contributed by atoms with E-state index in [0.29, 0.717) is 28.8 Å². The first kappa shape index (κ1) is 19.0. The molecular weight excluding hydrogens is 396 g/mol. The molecule has 0 aliphatic rings. The lowest BCUT2D eigenvalue weighted by atomic mass is 10.1. The number of nitrogens with zero attached hydrogens (tertiary/aromatic N) is 4. The molecule has 0 aliphatic carbocycles. The maximum Gasteiger partial charge on any atom is 0.331 e. The minimum Gasteiger partial charge on any atom is -0.347 e. The van der Waals surface area contributed by atoms with Gasteiger partial charge in [0.25, 0.3) is 5.56 Å². The van der Waals surface area contributed by atoms with Gasteiger partial charge in [0.15, 0.2) is 0 Å². The third-order valence-corrected chi connectivity index (χ3v) is 5.21. The predicted octanol–water partition coefficient (Wildman–Crippen LogP) is 2.22. The molecule has 0 atom stereocenters. The average molecular weight is 416 g/mol. The summed E-state index contributed by atoms with van der Waals surface area (Å²) in [5, 5.41) is 5.74. The summed E-state index contributed by atoms with van der Waals surface area (Å²) in [5.41, 5.74) is 9.24. The molecule has 0 amide bonds. The minimum absolute atomic E-state index is 0.277. The van der Waals surface area contributed by atoms with E-state index < -0.39 is 5.97 Å². The summed E-state index contributed by atoms with van der Waals surface area (Å²) in [7, 11) is 0. The van der Waals surface area contributed by atoms with Gasteiger partial charge in [-0.05, 0) is 31.2 Å². The number of aryl methyl sites for hydroxylation is 1. The van der Waals surface area contributed by atoms with E-state index in [4.69, 9.17) is 10.6 Å². The number of aromatic amines is 1. The van der Waals surface area contributed by atoms with Gasteiger partial charge in [-0.1, -0.05) is 23.0 Å². The molecule has 0 spiro atoms. The van der Waals surface area contributed by atoms with E-state index in [1.165, 1.54) is 6.92 Å². The zero-order chi connectivity index (χ0) is 21.5. The van der Waals surface area contributed by atoms with E-state index >= 15 is 0 Å². The fourth-order valence-corrected chi connectivity index (χ4v) is 3.84. The molecule has 3 aromatic heterocycles. The molecule has 0 fully saturated rings. The van der Waals surface area contributed by atoms with Gasteiger partial charge in [-0.3, -0.25) is 4.79 Å². The first-order valence-electron chi connectivity index (χ1n) is 9.94. The van der Waals surface area contributed by atoms with Crippen molar-refractivity contribution < 1.29 is 9.63 Å². The lowest BCUT2D eigenvalue weighted by molar-refractivity contribution is -0.142. The number of nitrogens with one attached hydrogen (secondary N) is 1. The second-order valence-electron chi connectivity index (χ2n) is 7.34. The molecule has 3 heterocycles. The first-order chi connectivity index (χ1) is 15.0. The number of rotatable bonds is 5. The molecule has 5 rings (SSSR count). The van der Waals surface area contributed by atoms with E-state index in [-0.39, 0.29) is 5.56 Å². The van der Waals surface area contributed by atoms with Crippen LogP contribution in [0.1, 0.15) is 13.3 Å². The number of fused-ring (bicyclic) bond motifs is 3. The van der Waals surface area contributed by atoms with E-state index in [1.54, 1.807) is 18.3 Å². The fourth-order valence-electron chi connectivity index (χ4n) is 3.84. The Hall–Kier alpha value is -3.98. The first-order valence-corrected chi connectivity index (χ1v) is 9.94. The largest absolute Gasteiger partial charge is 0.347 e. The van der Waals surface area contributed by atoms with Crippen LogP contribution in [0, 0.1) is 0 Å². The third-order valence-electron chi connectivity index (χ3n) is 5.21. The summed E-state index contributed by atoms with van der Waals surface area (Å²) in [6.45, 7) is 2.65. The van der Waals surface area contributed by atoms with Crippen molar-refractivity contribution in [3.05, 3.63) is 59.1 Å². The fraction of sp³-hybridized carbons (Fsp3) is 0.182. The molecule has 9 heteroatoms. The number of hydrogen-bond donors (Lipinski definition) is 2. The van der Waals surface area contributed by atoms with Crippen molar-refractivity contribution in [1.29, 1.82) is 0 Å². The van der Waals surface area contributed by atoms with E-state index in [0.717, 1.165) is 39.7 Å². The molecular formula is C22H20N6O3. The topological polar surface area (TPSA) is 121 Å². The molecule has 0 radical (unpaired) electrons. The van der Waals surface area contributed by atoms with Crippen molar-refractivity contribution in [2.45, 2.75) is 19.9 Å². The summed E-state index contributed by atoms with van der Waals surface area (Å²) in [6, 6.07) is 11.4. The van der Waals surface area contributed by atoms with Crippen LogP contribution in [0.5, 0.6) is 0 Å². The lowest BCUT2D eigenvalue weighted by Gasteiger charge is -2.04. The quantitative estimate of drug-likeness (QED) is 0.453. The second kappa shape index (κ2) is 7.37. The molecule has 0 unspecified atom stereocenters. The van der Waals surface area contributed by atoms with E-state index in [1.807, 2.05) is 30.5 Å². The van der Waals surface area contributed by atoms with Crippen molar-refractivity contribution in [3.8, 4) is 11.3 Å². The van der Waals surface area contributed by atoms with Crippen LogP contribution in [0.25, 0.3) is 44.1 Å². The number of carbonyl (C=O) groups excluding carboxylic acids is 1. The number of nitrogens with two attached hydrogens (primary N) is 1. The van der Waals surface area contributed by atoms with Gasteiger partial charge in [0, 0.05) is 41.5 Å². The van der Waals surface area contributed by atoms with Crippen molar-refractivity contribution in [2.24, 2.45) is 5.73 Å². The number of carbonyl (C=O) groups is 1. The highest BCUT2D eigenvalue weighted by molar-refractivity contribution is 5.97. The van der Waals surface area contributed by atoms with Crippen LogP contribution in [-0.4, -0.2) is 37.0 Å². The second-order valence-corrected chi connectivity index (χ2v) is 7.34. The van der Waals surface area contributed by atoms with Crippen LogP contribution in [0.15, 0.2) is 53.6 Å². The Labute approximate surface area is 176 Å². The van der Waals surface area contributed by atoms with Crippen molar-refractivity contribution in [1.82, 2.24) is 24.5 Å². The van der Waals surface area contributed by atoms with Crippen molar-refractivity contribution >= 4 is 38.8 Å². The molecule has 2 aromatic carbocycles. The third kappa shape index (κ3) is 3.24. The van der Waals surface area contributed by atoms with Crippen LogP contribution in [0.2, 0.25) is 0 Å². The number of H-pyrrole nitrogens is 1. The molecule has 9 nitrogen and oxygen atoms in total. The average Bonchev–Trinajstić information content (AvgIpc) is 3.31. The number of para-hydroxylation sites is 1. The molecule has 0 saturated heterocycles. The van der Waals surface area contributed by atoms with Crippen LogP contribution >= 0.6 is 0 Å². The Balaban J connectivity index is 1.71. The van der Waals surface area contributed by atoms with Gasteiger partial charge in [-0.15, -0.1) is 5.10 Å². The summed E-state index contributed by atoms with van der Waals surface area (Å²) in [5.74, 6) is -0.481. The Morgan fingerprint density at radius 1 is 1.23 bits per heavy atom. The number of aromatic nitrogens is 5. The van der Waals surface area contributed by atoms with Gasteiger partial charge in [-0.25, -0.2) is 9.78 Å². The number of benzene rings is 2. The summed E-state index contributed by atoms with van der Waals surface area (Å²) >= 11 is 0. The summed E-state index contributed by atoms with van der Waals surface area (Å²) in [4.78, 5) is 38.2. The molecule has 0 bridgehead atoms. The van der Waals surface area contributed by atoms with Gasteiger partial charge in [0.05, 0.1) is 17.2 Å². The molecule has 0 aliphatic heterocycles. The highest BCUT2D eigenvalue weighted by atomic mass is 16.7. The Morgan fingerprint density at radius 3 is 2.87 bits per heavy atom. The monoisotopic (exact) mass is 416 g/mol. The SMILES string of the molecule is CC(=O)On1ncc2cc3[nH]c(=O)c(-c4cn(CCCN)c5ccccc45)nc3cc21. The van der Waals surface area contributed by atoms with Gasteiger partial charge >= 0.3 is 5.97 Å². The van der Waals surface area contributed by atoms with Crippen molar-refractivity contribution in [3.63, 3.8) is 0 Å². The standard InChI is InChI=1S/C22H20N6O3/c1-13(29)31-28-20-10-18-17(9-14(20)11-24-28)26-22(30)21(25-18)16-12-27(8-4-7-23)19-6-3-2-5-15(16)19/h2-3,5-6,9-12H,4,7-8,23H2,1H3,(H,26,30). The maximum atomic E-state index is 12.9. The molecule has 3 N–H and O–H groups in total. The van der Waals surface area contributed by atoms with Gasteiger partial charge in [-0.2, -0.15) is 0 Å². The van der Waals surface area contributed by atoms with Crippen LogP contribution in [0.3, 0.4) is 0 Å². The molecule has 31 heavy (non-hydrogen) atoms. The van der Waals surface area contributed by atoms with Crippen LogP contribution in [-0.2, 0) is 11.3 Å². The lowest BCUT2D eigenvalue weighted by Crippen LogP contribution is -2.17. The normalized spacial score (nSPS) is 11.5. The predicted molar refractivity (Wildman–Crippen MR) is 118 cm³/mol. The maximum absolute atomic E-state index is 12.9.